The van der Waals surface area contributed by atoms with Gasteiger partial charge < -0.3 is 5.32 Å². The van der Waals surface area contributed by atoms with Crippen LogP contribution >= 0.6 is 0 Å². The van der Waals surface area contributed by atoms with Gasteiger partial charge in [-0.15, -0.1) is 0 Å². The lowest BCUT2D eigenvalue weighted by molar-refractivity contribution is -0.136. The van der Waals surface area contributed by atoms with Crippen molar-refractivity contribution in [1.29, 1.82) is 0 Å². The summed E-state index contributed by atoms with van der Waals surface area (Å²) in [6.07, 6.45) is -2.46. The van der Waals surface area contributed by atoms with E-state index in [1.807, 2.05) is 0 Å². The lowest BCUT2D eigenvalue weighted by atomic mass is 9.90. The first-order valence-corrected chi connectivity index (χ1v) is 7.71. The topological polar surface area (TPSA) is 15.3 Å². The van der Waals surface area contributed by atoms with Crippen molar-refractivity contribution in [2.75, 3.05) is 19.6 Å². The summed E-state index contributed by atoms with van der Waals surface area (Å²) in [6.45, 7) is 10.9. The van der Waals surface area contributed by atoms with Crippen LogP contribution in [0.2, 0.25) is 0 Å². The molecule has 0 aliphatic carbocycles. The van der Waals surface area contributed by atoms with Crippen LogP contribution in [0.1, 0.15) is 53.4 Å². The Kier molecular flexibility index (Phi) is 6.32. The van der Waals surface area contributed by atoms with Crippen LogP contribution in [0.4, 0.5) is 13.2 Å². The Hall–Kier alpha value is -0.290. The first-order chi connectivity index (χ1) is 9.15. The van der Waals surface area contributed by atoms with Crippen LogP contribution in [-0.2, 0) is 0 Å². The van der Waals surface area contributed by atoms with E-state index in [0.717, 1.165) is 25.9 Å². The molecule has 5 heteroatoms. The average Bonchev–Trinajstić information content (AvgIpc) is 2.31. The number of halogens is 3. The highest BCUT2D eigenvalue weighted by Gasteiger charge is 2.35. The molecule has 0 saturated carbocycles. The Balaban J connectivity index is 2.57. The summed E-state index contributed by atoms with van der Waals surface area (Å²) in [4.78, 5) is 2.27. The van der Waals surface area contributed by atoms with Crippen LogP contribution in [-0.4, -0.2) is 42.3 Å². The zero-order chi connectivity index (χ0) is 15.4. The van der Waals surface area contributed by atoms with Crippen molar-refractivity contribution < 1.29 is 13.2 Å². The standard InChI is InChI=1S/C15H29F3N2/c1-5-14(4)11-20(8-6-7-15(16,17)18)13(10-19-14)9-12(2)3/h12-13,19H,5-11H2,1-4H3. The minimum atomic E-state index is -4.03. The van der Waals surface area contributed by atoms with E-state index in [-0.39, 0.29) is 12.0 Å². The molecule has 0 spiro atoms. The molecule has 1 saturated heterocycles. The second kappa shape index (κ2) is 7.12. The van der Waals surface area contributed by atoms with Gasteiger partial charge >= 0.3 is 6.18 Å². The molecule has 0 amide bonds. The number of hydrogen-bond donors (Lipinski definition) is 1. The maximum absolute atomic E-state index is 12.3. The summed E-state index contributed by atoms with van der Waals surface area (Å²) in [5.74, 6) is 0.567. The lowest BCUT2D eigenvalue weighted by Crippen LogP contribution is -2.63. The number of nitrogens with zero attached hydrogens (tertiary/aromatic N) is 1. The van der Waals surface area contributed by atoms with E-state index in [2.05, 4.69) is 37.9 Å². The molecular weight excluding hydrogens is 265 g/mol. The molecule has 0 aromatic carbocycles. The Bertz CT molecular complexity index is 291. The fraction of sp³-hybridized carbons (Fsp3) is 1.00. The van der Waals surface area contributed by atoms with Gasteiger partial charge in [-0.3, -0.25) is 4.90 Å². The molecule has 2 atom stereocenters. The van der Waals surface area contributed by atoms with Gasteiger partial charge in [0.1, 0.15) is 0 Å². The van der Waals surface area contributed by atoms with Gasteiger partial charge in [0.2, 0.25) is 0 Å². The Labute approximate surface area is 121 Å². The molecule has 0 aromatic rings. The van der Waals surface area contributed by atoms with Gasteiger partial charge in [0, 0.05) is 31.1 Å². The van der Waals surface area contributed by atoms with Crippen molar-refractivity contribution in [3.8, 4) is 0 Å². The second-order valence-electron chi connectivity index (χ2n) is 6.77. The van der Waals surface area contributed by atoms with Crippen molar-refractivity contribution in [3.63, 3.8) is 0 Å². The van der Waals surface area contributed by atoms with Gasteiger partial charge in [-0.1, -0.05) is 20.8 Å². The summed E-state index contributed by atoms with van der Waals surface area (Å²) in [5, 5.41) is 3.57. The molecule has 0 aromatic heterocycles. The Morgan fingerprint density at radius 3 is 2.50 bits per heavy atom. The van der Waals surface area contributed by atoms with Gasteiger partial charge in [0.25, 0.3) is 0 Å². The second-order valence-corrected chi connectivity index (χ2v) is 6.77. The third-order valence-corrected chi connectivity index (χ3v) is 4.26. The molecule has 1 N–H and O–H groups in total. The quantitative estimate of drug-likeness (QED) is 0.801. The highest BCUT2D eigenvalue weighted by molar-refractivity contribution is 4.94. The van der Waals surface area contributed by atoms with Crippen LogP contribution in [0.3, 0.4) is 0 Å². The fourth-order valence-electron chi connectivity index (χ4n) is 2.88. The molecule has 1 rings (SSSR count). The predicted molar refractivity (Wildman–Crippen MR) is 76.8 cm³/mol. The molecule has 120 valence electrons. The average molecular weight is 294 g/mol. The van der Waals surface area contributed by atoms with E-state index in [4.69, 9.17) is 0 Å². The van der Waals surface area contributed by atoms with Crippen molar-refractivity contribution in [1.82, 2.24) is 10.2 Å². The van der Waals surface area contributed by atoms with Crippen LogP contribution < -0.4 is 5.32 Å². The number of piperazine rings is 1. The van der Waals surface area contributed by atoms with Crippen molar-refractivity contribution in [3.05, 3.63) is 0 Å². The Morgan fingerprint density at radius 2 is 2.00 bits per heavy atom. The largest absolute Gasteiger partial charge is 0.389 e. The molecular formula is C15H29F3N2. The minimum Gasteiger partial charge on any atom is -0.309 e. The van der Waals surface area contributed by atoms with Gasteiger partial charge in [0.05, 0.1) is 0 Å². The van der Waals surface area contributed by atoms with Crippen molar-refractivity contribution in [2.45, 2.75) is 71.1 Å². The predicted octanol–water partition coefficient (Wildman–Crippen LogP) is 3.82. The summed E-state index contributed by atoms with van der Waals surface area (Å²) >= 11 is 0. The van der Waals surface area contributed by atoms with Gasteiger partial charge in [-0.05, 0) is 38.6 Å². The minimum absolute atomic E-state index is 0.0334. The first kappa shape index (κ1) is 17.8. The smallest absolute Gasteiger partial charge is 0.309 e. The van der Waals surface area contributed by atoms with Crippen molar-refractivity contribution in [2.24, 2.45) is 5.92 Å². The fourth-order valence-corrected chi connectivity index (χ4v) is 2.88. The van der Waals surface area contributed by atoms with E-state index in [1.165, 1.54) is 0 Å². The zero-order valence-electron chi connectivity index (χ0n) is 13.2. The molecule has 1 fully saturated rings. The summed E-state index contributed by atoms with van der Waals surface area (Å²) in [7, 11) is 0. The van der Waals surface area contributed by atoms with E-state index in [1.54, 1.807) is 0 Å². The summed E-state index contributed by atoms with van der Waals surface area (Å²) in [6, 6.07) is 0.364. The zero-order valence-corrected chi connectivity index (χ0v) is 13.2. The molecule has 2 nitrogen and oxygen atoms in total. The summed E-state index contributed by atoms with van der Waals surface area (Å²) in [5.41, 5.74) is 0.0334. The van der Waals surface area contributed by atoms with Crippen LogP contribution in [0, 0.1) is 5.92 Å². The lowest BCUT2D eigenvalue weighted by Gasteiger charge is -2.46. The van der Waals surface area contributed by atoms with E-state index in [9.17, 15) is 13.2 Å². The summed E-state index contributed by atoms with van der Waals surface area (Å²) < 4.78 is 36.9. The van der Waals surface area contributed by atoms with E-state index >= 15 is 0 Å². The van der Waals surface area contributed by atoms with Gasteiger partial charge in [0.15, 0.2) is 0 Å². The van der Waals surface area contributed by atoms with Crippen LogP contribution in [0.25, 0.3) is 0 Å². The third kappa shape index (κ3) is 6.00. The number of rotatable bonds is 6. The highest BCUT2D eigenvalue weighted by atomic mass is 19.4. The monoisotopic (exact) mass is 294 g/mol. The molecule has 0 radical (unpaired) electrons. The van der Waals surface area contributed by atoms with E-state index < -0.39 is 12.6 Å². The number of nitrogens with one attached hydrogen (secondary N) is 1. The van der Waals surface area contributed by atoms with Crippen LogP contribution in [0.5, 0.6) is 0 Å². The van der Waals surface area contributed by atoms with Gasteiger partial charge in [-0.2, -0.15) is 13.2 Å². The molecule has 1 heterocycles. The maximum atomic E-state index is 12.3. The SMILES string of the molecule is CCC1(C)CN(CCCC(F)(F)F)C(CC(C)C)CN1. The Morgan fingerprint density at radius 1 is 1.35 bits per heavy atom. The first-order valence-electron chi connectivity index (χ1n) is 7.71. The number of hydrogen-bond acceptors (Lipinski definition) is 2. The normalized spacial score (nSPS) is 29.1. The van der Waals surface area contributed by atoms with Crippen LogP contribution in [0.15, 0.2) is 0 Å². The maximum Gasteiger partial charge on any atom is 0.389 e. The van der Waals surface area contributed by atoms with Crippen molar-refractivity contribution >= 4 is 0 Å². The molecule has 0 bridgehead atoms. The molecule has 1 aliphatic rings. The highest BCUT2D eigenvalue weighted by Crippen LogP contribution is 2.25. The third-order valence-electron chi connectivity index (χ3n) is 4.26. The molecule has 2 unspecified atom stereocenters. The number of alkyl halides is 3. The molecule has 20 heavy (non-hydrogen) atoms. The van der Waals surface area contributed by atoms with E-state index in [0.29, 0.717) is 18.5 Å². The van der Waals surface area contributed by atoms with Gasteiger partial charge in [-0.25, -0.2) is 0 Å². The molecule has 1 aliphatic heterocycles.